The lowest BCUT2D eigenvalue weighted by Crippen LogP contribution is -2.31. The van der Waals surface area contributed by atoms with E-state index in [0.717, 1.165) is 4.70 Å². The fraction of sp³-hybridized carbons (Fsp3) is 0.300. The van der Waals surface area contributed by atoms with Crippen molar-refractivity contribution in [1.82, 2.24) is 19.2 Å². The molecule has 43 heavy (non-hydrogen) atoms. The van der Waals surface area contributed by atoms with Crippen molar-refractivity contribution in [2.24, 2.45) is 10.2 Å². The molecular weight excluding hydrogens is 593 g/mol. The van der Waals surface area contributed by atoms with E-state index in [1.54, 1.807) is 19.1 Å². The van der Waals surface area contributed by atoms with Crippen molar-refractivity contribution in [3.05, 3.63) is 76.1 Å². The second-order valence-electron chi connectivity index (χ2n) is 10.2. The van der Waals surface area contributed by atoms with Gasteiger partial charge in [0.05, 0.1) is 16.9 Å². The monoisotopic (exact) mass is 619 g/mol. The summed E-state index contributed by atoms with van der Waals surface area (Å²) in [6, 6.07) is 11.2. The Morgan fingerprint density at radius 1 is 1.16 bits per heavy atom. The number of aromatic nitrogens is 3. The van der Waals surface area contributed by atoms with Crippen molar-refractivity contribution in [2.45, 2.75) is 51.2 Å². The molecule has 5 rings (SSSR count). The van der Waals surface area contributed by atoms with Crippen LogP contribution in [-0.4, -0.2) is 43.7 Å². The van der Waals surface area contributed by atoms with Gasteiger partial charge in [0.25, 0.3) is 11.8 Å². The second-order valence-corrected chi connectivity index (χ2v) is 11.4. The molecule has 2 aromatic carbocycles. The summed E-state index contributed by atoms with van der Waals surface area (Å²) in [4.78, 5) is 43.9. The third kappa shape index (κ3) is 6.48. The molecule has 0 unspecified atom stereocenters. The van der Waals surface area contributed by atoms with Gasteiger partial charge in [-0.3, -0.25) is 14.4 Å². The number of halogens is 2. The fourth-order valence-corrected chi connectivity index (χ4v) is 5.94. The lowest BCUT2D eigenvalue weighted by molar-refractivity contribution is -0.117. The van der Waals surface area contributed by atoms with Gasteiger partial charge in [0.2, 0.25) is 5.82 Å². The number of imidazole rings is 1. The predicted octanol–water partition coefficient (Wildman–Crippen LogP) is 5.97. The fourth-order valence-electron chi connectivity index (χ4n) is 4.89. The first kappa shape index (κ1) is 30.0. The van der Waals surface area contributed by atoms with Crippen molar-refractivity contribution in [3.8, 4) is 12.3 Å². The van der Waals surface area contributed by atoms with E-state index in [9.17, 15) is 18.8 Å². The van der Waals surface area contributed by atoms with Gasteiger partial charge in [0.1, 0.15) is 17.3 Å². The van der Waals surface area contributed by atoms with Gasteiger partial charge in [0, 0.05) is 42.1 Å². The molecule has 0 radical (unpaired) electrons. The molecule has 0 aliphatic carbocycles. The Kier molecular flexibility index (Phi) is 8.66. The van der Waals surface area contributed by atoms with E-state index in [1.165, 1.54) is 41.2 Å². The summed E-state index contributed by atoms with van der Waals surface area (Å²) in [6.07, 6.45) is 6.89. The highest BCUT2D eigenvalue weighted by Crippen LogP contribution is 2.37. The summed E-state index contributed by atoms with van der Waals surface area (Å²) in [7, 11) is 0. The van der Waals surface area contributed by atoms with Crippen LogP contribution in [0.15, 0.2) is 52.7 Å². The molecule has 0 saturated heterocycles. The van der Waals surface area contributed by atoms with Gasteiger partial charge in [-0.2, -0.15) is 14.6 Å². The molecule has 4 aromatic rings. The van der Waals surface area contributed by atoms with E-state index < -0.39 is 29.2 Å². The quantitative estimate of drug-likeness (QED) is 0.189. The molecule has 0 fully saturated rings. The molecule has 13 heteroatoms. The molecule has 2 amide bonds. The van der Waals surface area contributed by atoms with Crippen LogP contribution in [0.5, 0.6) is 0 Å². The van der Waals surface area contributed by atoms with E-state index in [0.29, 0.717) is 35.9 Å². The van der Waals surface area contributed by atoms with Crippen molar-refractivity contribution in [2.75, 3.05) is 11.9 Å². The summed E-state index contributed by atoms with van der Waals surface area (Å²) in [5, 5.41) is 14.7. The number of Topliss-reactive ketones (excluding diaryl/α,β-unsaturated/α-hetero) is 1. The topological polar surface area (TPSA) is 131 Å². The number of anilines is 1. The Bertz CT molecular complexity index is 1800. The minimum absolute atomic E-state index is 0.0268. The van der Waals surface area contributed by atoms with E-state index in [4.69, 9.17) is 18.0 Å². The molecule has 0 spiro atoms. The van der Waals surface area contributed by atoms with Gasteiger partial charge in [-0.1, -0.05) is 36.7 Å². The van der Waals surface area contributed by atoms with Gasteiger partial charge < -0.3 is 15.2 Å². The third-order valence-electron chi connectivity index (χ3n) is 7.11. The van der Waals surface area contributed by atoms with Gasteiger partial charge in [-0.05, 0) is 48.3 Å². The largest absolute Gasteiger partial charge is 0.349 e. The summed E-state index contributed by atoms with van der Waals surface area (Å²) >= 11 is 7.63. The van der Waals surface area contributed by atoms with Crippen molar-refractivity contribution >= 4 is 56.6 Å². The zero-order valence-electron chi connectivity index (χ0n) is 23.4. The van der Waals surface area contributed by atoms with Crippen molar-refractivity contribution < 1.29 is 18.8 Å². The number of nitrogens with zero attached hydrogens (tertiary/aromatic N) is 5. The van der Waals surface area contributed by atoms with Crippen LogP contribution in [0.3, 0.4) is 0 Å². The number of rotatable bonds is 12. The van der Waals surface area contributed by atoms with Crippen LogP contribution in [0, 0.1) is 18.2 Å². The molecule has 10 nitrogen and oxygen atoms in total. The summed E-state index contributed by atoms with van der Waals surface area (Å²) < 4.78 is 20.9. The van der Waals surface area contributed by atoms with Gasteiger partial charge in [0.15, 0.2) is 11.5 Å². The van der Waals surface area contributed by atoms with Crippen LogP contribution in [0.2, 0.25) is 5.02 Å². The number of carbonyl (C=O) groups is 3. The Labute approximate surface area is 255 Å². The number of amides is 2. The van der Waals surface area contributed by atoms with Crippen LogP contribution >= 0.6 is 23.1 Å². The maximum absolute atomic E-state index is 14.3. The molecule has 1 aliphatic rings. The summed E-state index contributed by atoms with van der Waals surface area (Å²) in [5.74, 6) is -0.111. The number of benzene rings is 2. The van der Waals surface area contributed by atoms with E-state index in [2.05, 4.69) is 36.1 Å². The molecule has 2 aromatic heterocycles. The lowest BCUT2D eigenvalue weighted by atomic mass is 9.96. The highest BCUT2D eigenvalue weighted by atomic mass is 35.5. The van der Waals surface area contributed by atoms with Gasteiger partial charge >= 0.3 is 0 Å². The Balaban J connectivity index is 1.52. The van der Waals surface area contributed by atoms with Crippen LogP contribution in [0.4, 0.5) is 10.2 Å². The van der Waals surface area contributed by atoms with Crippen LogP contribution in [0.1, 0.15) is 71.4 Å². The van der Waals surface area contributed by atoms with Crippen LogP contribution < -0.4 is 10.6 Å². The summed E-state index contributed by atoms with van der Waals surface area (Å²) in [5.41, 5.74) is 0.278. The average Bonchev–Trinajstić information content (AvgIpc) is 3.46. The number of hydrogen-bond acceptors (Lipinski definition) is 8. The molecule has 2 N–H and O–H groups in total. The first-order valence-electron chi connectivity index (χ1n) is 13.5. The predicted molar refractivity (Wildman–Crippen MR) is 162 cm³/mol. The van der Waals surface area contributed by atoms with Crippen molar-refractivity contribution in [3.63, 3.8) is 0 Å². The third-order valence-corrected chi connectivity index (χ3v) is 8.28. The molecule has 1 atom stereocenters. The minimum Gasteiger partial charge on any atom is -0.349 e. The number of hydrogen-bond donors (Lipinski definition) is 2. The summed E-state index contributed by atoms with van der Waals surface area (Å²) in [6.45, 7) is 3.09. The average molecular weight is 620 g/mol. The molecule has 0 bridgehead atoms. The Hall–Kier alpha value is -4.47. The number of ketones is 1. The first-order chi connectivity index (χ1) is 20.6. The SMILES string of the molecule is C#CCCC1(CCNC(=O)c2nc(NC(=O)c3nsc4ccccc34)c([C@H](C)c3cc(F)ccc3Cl)n2CC(C)=O)N=N1. The Morgan fingerprint density at radius 2 is 1.93 bits per heavy atom. The minimum atomic E-state index is -0.685. The standard InChI is InChI=1S/C30H27ClFN7O3S/c1-4-5-12-30(37-38-30)13-14-33-29(42)27-34-26(35-28(41)24-20-8-6-7-9-23(20)43-36-24)25(39(27)16-17(2)40)18(3)21-15-19(32)10-11-22(21)31/h1,6-11,15,18H,5,12-14,16H2,2-3H3,(H,33,42)(H,35,41)/t18-/m1/s1. The zero-order valence-corrected chi connectivity index (χ0v) is 24.9. The van der Waals surface area contributed by atoms with Gasteiger partial charge in [-0.15, -0.1) is 12.3 Å². The smallest absolute Gasteiger partial charge is 0.287 e. The van der Waals surface area contributed by atoms with Crippen LogP contribution in [0.25, 0.3) is 10.1 Å². The maximum Gasteiger partial charge on any atom is 0.287 e. The second kappa shape index (κ2) is 12.4. The van der Waals surface area contributed by atoms with Gasteiger partial charge in [-0.25, -0.2) is 9.37 Å². The highest BCUT2D eigenvalue weighted by molar-refractivity contribution is 7.13. The van der Waals surface area contributed by atoms with E-state index >= 15 is 0 Å². The lowest BCUT2D eigenvalue weighted by Gasteiger charge is -2.19. The van der Waals surface area contributed by atoms with Crippen molar-refractivity contribution in [1.29, 1.82) is 0 Å². The normalized spacial score (nSPS) is 13.8. The maximum atomic E-state index is 14.3. The van der Waals surface area contributed by atoms with E-state index in [-0.39, 0.29) is 41.2 Å². The molecular formula is C30H27ClFN7O3S. The van der Waals surface area contributed by atoms with E-state index in [1.807, 2.05) is 12.1 Å². The molecule has 220 valence electrons. The number of fused-ring (bicyclic) bond motifs is 1. The number of carbonyl (C=O) groups excluding carboxylic acids is 3. The highest BCUT2D eigenvalue weighted by Gasteiger charge is 2.39. The molecule has 1 aliphatic heterocycles. The number of nitrogens with one attached hydrogen (secondary N) is 2. The Morgan fingerprint density at radius 3 is 2.65 bits per heavy atom. The number of terminal acetylenes is 1. The zero-order chi connectivity index (χ0) is 30.7. The molecule has 3 heterocycles. The first-order valence-corrected chi connectivity index (χ1v) is 14.6. The van der Waals surface area contributed by atoms with Crippen LogP contribution in [-0.2, 0) is 11.3 Å². The molecule has 0 saturated carbocycles.